The van der Waals surface area contributed by atoms with E-state index >= 15 is 0 Å². The summed E-state index contributed by atoms with van der Waals surface area (Å²) in [6.07, 6.45) is 6.40. The van der Waals surface area contributed by atoms with E-state index in [0.29, 0.717) is 6.42 Å². The smallest absolute Gasteiger partial charge is 0.298 e. The fourth-order valence-corrected chi connectivity index (χ4v) is 3.43. The monoisotopic (exact) mass is 306 g/mol. The molecule has 22 heavy (non-hydrogen) atoms. The van der Waals surface area contributed by atoms with Crippen molar-refractivity contribution in [3.05, 3.63) is 46.8 Å². The van der Waals surface area contributed by atoms with Crippen molar-refractivity contribution < 1.29 is 24.2 Å². The Morgan fingerprint density at radius 3 is 2.64 bits per heavy atom. The zero-order chi connectivity index (χ0) is 16.1. The number of ether oxygens (including phenoxy) is 3. The first kappa shape index (κ1) is 15.2. The minimum absolute atomic E-state index is 0.0178. The van der Waals surface area contributed by atoms with Crippen LogP contribution in [-0.2, 0) is 14.2 Å². The topological polar surface area (TPSA) is 52.4 Å². The van der Waals surface area contributed by atoms with Gasteiger partial charge in [0.1, 0.15) is 11.9 Å². The molecule has 3 unspecified atom stereocenters. The molecule has 2 N–H and O–H groups in total. The van der Waals surface area contributed by atoms with Crippen molar-refractivity contribution in [3.8, 4) is 0 Å². The number of hydrogen-bond acceptors (Lipinski definition) is 4. The van der Waals surface area contributed by atoms with E-state index in [1.165, 1.54) is 0 Å². The number of quaternary nitrogens is 1. The van der Waals surface area contributed by atoms with E-state index in [9.17, 15) is 5.11 Å². The molecule has 1 aliphatic carbocycles. The van der Waals surface area contributed by atoms with Gasteiger partial charge in [0.15, 0.2) is 11.8 Å². The molecule has 0 amide bonds. The number of allylic oxidation sites excluding steroid dienone is 3. The molecule has 2 aliphatic heterocycles. The number of methoxy groups -OCH3 is 2. The molecule has 120 valence electrons. The lowest BCUT2D eigenvalue weighted by molar-refractivity contribution is -0.874. The molecule has 0 aromatic rings. The molecule has 3 rings (SSSR count). The molecule has 0 radical (unpaired) electrons. The van der Waals surface area contributed by atoms with E-state index in [-0.39, 0.29) is 12.1 Å². The first-order chi connectivity index (χ1) is 10.4. The largest absolute Gasteiger partial charge is 0.496 e. The third kappa shape index (κ3) is 2.16. The molecular weight excluding hydrogens is 282 g/mol. The highest BCUT2D eigenvalue weighted by molar-refractivity contribution is 5.48. The van der Waals surface area contributed by atoms with Crippen molar-refractivity contribution >= 4 is 0 Å². The summed E-state index contributed by atoms with van der Waals surface area (Å²) in [6, 6.07) is 0.0178. The Morgan fingerprint density at radius 1 is 1.32 bits per heavy atom. The highest BCUT2D eigenvalue weighted by atomic mass is 16.5. The number of rotatable bonds is 3. The molecule has 5 heteroatoms. The quantitative estimate of drug-likeness (QED) is 0.804. The minimum Gasteiger partial charge on any atom is -0.496 e. The Morgan fingerprint density at radius 2 is 2.05 bits per heavy atom. The number of likely N-dealkylation sites (N-methyl/N-ethyl adjacent to an activating group) is 1. The van der Waals surface area contributed by atoms with Crippen LogP contribution in [0.25, 0.3) is 0 Å². The van der Waals surface area contributed by atoms with Crippen LogP contribution >= 0.6 is 0 Å². The molecule has 0 saturated heterocycles. The van der Waals surface area contributed by atoms with Crippen LogP contribution in [-0.4, -0.2) is 44.1 Å². The van der Waals surface area contributed by atoms with Crippen LogP contribution in [0.1, 0.15) is 20.3 Å². The van der Waals surface area contributed by atoms with Crippen molar-refractivity contribution in [2.24, 2.45) is 0 Å². The van der Waals surface area contributed by atoms with Crippen molar-refractivity contribution in [1.82, 2.24) is 0 Å². The molecule has 0 aromatic heterocycles. The summed E-state index contributed by atoms with van der Waals surface area (Å²) in [5, 5.41) is 10.3. The van der Waals surface area contributed by atoms with Crippen LogP contribution in [0.2, 0.25) is 0 Å². The average Bonchev–Trinajstić information content (AvgIpc) is 2.92. The maximum Gasteiger partial charge on any atom is 0.298 e. The molecule has 0 aromatic carbocycles. The molecular formula is C17H24NO4+. The van der Waals surface area contributed by atoms with Crippen LogP contribution in [0.5, 0.6) is 0 Å². The third-order valence-electron chi connectivity index (χ3n) is 4.61. The predicted molar refractivity (Wildman–Crippen MR) is 81.8 cm³/mol. The first-order valence-corrected chi connectivity index (χ1v) is 7.55. The zero-order valence-electron chi connectivity index (χ0n) is 13.8. The summed E-state index contributed by atoms with van der Waals surface area (Å²) in [4.78, 5) is 1.11. The summed E-state index contributed by atoms with van der Waals surface area (Å²) in [6.45, 7) is 3.55. The Kier molecular flexibility index (Phi) is 3.57. The second-order valence-electron chi connectivity index (χ2n) is 6.51. The third-order valence-corrected chi connectivity index (χ3v) is 4.61. The number of hydrogen-bond donors (Lipinski definition) is 2. The molecule has 3 atom stereocenters. The predicted octanol–water partition coefficient (Wildman–Crippen LogP) is 0.655. The fourth-order valence-electron chi connectivity index (χ4n) is 3.43. The number of fused-ring (bicyclic) bond motifs is 1. The summed E-state index contributed by atoms with van der Waals surface area (Å²) < 4.78 is 17.3. The molecule has 0 spiro atoms. The molecule has 2 heterocycles. The van der Waals surface area contributed by atoms with E-state index in [2.05, 4.69) is 13.1 Å². The second-order valence-corrected chi connectivity index (χ2v) is 6.51. The Hall–Kier alpha value is -1.72. The van der Waals surface area contributed by atoms with Gasteiger partial charge >= 0.3 is 0 Å². The lowest BCUT2D eigenvalue weighted by atomic mass is 9.89. The van der Waals surface area contributed by atoms with Gasteiger partial charge in [-0.3, -0.25) is 4.90 Å². The summed E-state index contributed by atoms with van der Waals surface area (Å²) in [5.41, 5.74) is 1.24. The fraction of sp³-hybridized carbons (Fsp3) is 0.529. The van der Waals surface area contributed by atoms with E-state index in [4.69, 9.17) is 14.2 Å². The van der Waals surface area contributed by atoms with E-state index < -0.39 is 5.60 Å². The van der Waals surface area contributed by atoms with E-state index in [0.717, 1.165) is 33.4 Å². The van der Waals surface area contributed by atoms with Crippen molar-refractivity contribution in [2.75, 3.05) is 21.3 Å². The minimum atomic E-state index is -0.901. The van der Waals surface area contributed by atoms with Gasteiger partial charge < -0.3 is 19.3 Å². The molecule has 0 bridgehead atoms. The van der Waals surface area contributed by atoms with Gasteiger partial charge in [-0.15, -0.1) is 0 Å². The highest BCUT2D eigenvalue weighted by Gasteiger charge is 2.49. The molecule has 0 fully saturated rings. The SMILES string of the molecule is COC1=CC=CC2=C(OC)C3=C(OC(C(C)(C)O)C3)[NH+](C)C12. The van der Waals surface area contributed by atoms with Crippen LogP contribution < -0.4 is 4.90 Å². The standard InChI is InChI=1S/C17H23NO4/c1-17(2,19)13-9-11-15(21-5)10-7-6-8-12(20-4)14(10)18(3)16(11)22-13/h6-8,13-14,19H,9H2,1-5H3/p+1. The summed E-state index contributed by atoms with van der Waals surface area (Å²) in [5.74, 6) is 2.57. The Labute approximate surface area is 131 Å². The maximum atomic E-state index is 10.3. The molecule has 0 saturated carbocycles. The first-order valence-electron chi connectivity index (χ1n) is 7.55. The zero-order valence-corrected chi connectivity index (χ0v) is 13.8. The van der Waals surface area contributed by atoms with Crippen LogP contribution in [0.15, 0.2) is 46.8 Å². The molecule has 5 nitrogen and oxygen atoms in total. The Balaban J connectivity index is 2.05. The van der Waals surface area contributed by atoms with Crippen LogP contribution in [0, 0.1) is 0 Å². The Bertz CT molecular complexity index is 607. The lowest BCUT2D eigenvalue weighted by Gasteiger charge is -2.33. The highest BCUT2D eigenvalue weighted by Crippen LogP contribution is 2.39. The van der Waals surface area contributed by atoms with Gasteiger partial charge in [0.05, 0.1) is 38.0 Å². The van der Waals surface area contributed by atoms with Gasteiger partial charge in [0.2, 0.25) is 0 Å². The van der Waals surface area contributed by atoms with Crippen molar-refractivity contribution in [3.63, 3.8) is 0 Å². The van der Waals surface area contributed by atoms with Crippen LogP contribution in [0.3, 0.4) is 0 Å². The van der Waals surface area contributed by atoms with Gasteiger partial charge in [-0.1, -0.05) is 6.08 Å². The maximum absolute atomic E-state index is 10.3. The van der Waals surface area contributed by atoms with Gasteiger partial charge in [-0.05, 0) is 26.0 Å². The van der Waals surface area contributed by atoms with E-state index in [1.54, 1.807) is 28.1 Å². The average molecular weight is 306 g/mol. The number of aliphatic hydroxyl groups is 1. The second kappa shape index (κ2) is 5.18. The van der Waals surface area contributed by atoms with E-state index in [1.807, 2.05) is 12.2 Å². The molecule has 3 aliphatic rings. The van der Waals surface area contributed by atoms with Gasteiger partial charge in [0.25, 0.3) is 5.88 Å². The lowest BCUT2D eigenvalue weighted by Crippen LogP contribution is -3.12. The number of nitrogens with one attached hydrogen (secondary N) is 1. The van der Waals surface area contributed by atoms with Gasteiger partial charge in [-0.2, -0.15) is 0 Å². The normalized spacial score (nSPS) is 30.6. The summed E-state index contributed by atoms with van der Waals surface area (Å²) in [7, 11) is 5.42. The van der Waals surface area contributed by atoms with Crippen molar-refractivity contribution in [2.45, 2.75) is 38.0 Å². The summed E-state index contributed by atoms with van der Waals surface area (Å²) >= 11 is 0. The van der Waals surface area contributed by atoms with Gasteiger partial charge in [-0.25, -0.2) is 0 Å². The van der Waals surface area contributed by atoms with Gasteiger partial charge in [0, 0.05) is 6.42 Å². The van der Waals surface area contributed by atoms with Crippen LogP contribution in [0.4, 0.5) is 0 Å². The van der Waals surface area contributed by atoms with Crippen molar-refractivity contribution in [1.29, 1.82) is 0 Å².